The summed E-state index contributed by atoms with van der Waals surface area (Å²) in [7, 11) is 0. The lowest BCUT2D eigenvalue weighted by Crippen LogP contribution is -2.21. The second kappa shape index (κ2) is 3.12. The van der Waals surface area contributed by atoms with Gasteiger partial charge in [-0.05, 0) is 17.2 Å². The van der Waals surface area contributed by atoms with Crippen molar-refractivity contribution in [2.24, 2.45) is 0 Å². The molecule has 1 aliphatic heterocycles. The van der Waals surface area contributed by atoms with Crippen LogP contribution < -0.4 is 5.32 Å². The van der Waals surface area contributed by atoms with Gasteiger partial charge in [-0.3, -0.25) is 10.1 Å². The third-order valence-corrected chi connectivity index (χ3v) is 2.94. The summed E-state index contributed by atoms with van der Waals surface area (Å²) in [6.45, 7) is 0.619. The van der Waals surface area contributed by atoms with Gasteiger partial charge in [-0.2, -0.15) is 0 Å². The molecule has 68 valence electrons. The fourth-order valence-electron chi connectivity index (χ4n) is 1.57. The zero-order valence-electron chi connectivity index (χ0n) is 6.75. The summed E-state index contributed by atoms with van der Waals surface area (Å²) < 4.78 is 0.973. The van der Waals surface area contributed by atoms with Crippen molar-refractivity contribution in [3.05, 3.63) is 33.8 Å². The Balaban J connectivity index is 2.49. The van der Waals surface area contributed by atoms with Crippen molar-refractivity contribution in [2.45, 2.75) is 12.6 Å². The Bertz CT molecular complexity index is 365. The first-order valence-electron chi connectivity index (χ1n) is 3.93. The molecule has 0 saturated carbocycles. The van der Waals surface area contributed by atoms with Crippen LogP contribution >= 0.6 is 15.9 Å². The molecule has 3 nitrogen and oxygen atoms in total. The molecule has 13 heavy (non-hydrogen) atoms. The molecule has 1 heterocycles. The fourth-order valence-corrected chi connectivity index (χ4v) is 2.09. The summed E-state index contributed by atoms with van der Waals surface area (Å²) in [5.41, 5.74) is 1.91. The summed E-state index contributed by atoms with van der Waals surface area (Å²) in [6.07, 6.45) is 0. The highest BCUT2D eigenvalue weighted by Crippen LogP contribution is 2.30. The van der Waals surface area contributed by atoms with Crippen molar-refractivity contribution in [3.8, 4) is 0 Å². The largest absolute Gasteiger partial charge is 0.480 e. The SMILES string of the molecule is O=C(O)C1NCc2c(Br)cccc21. The molecule has 1 aliphatic rings. The lowest BCUT2D eigenvalue weighted by atomic mass is 10.1. The minimum atomic E-state index is -0.822. The van der Waals surface area contributed by atoms with Gasteiger partial charge in [0.2, 0.25) is 0 Å². The van der Waals surface area contributed by atoms with Crippen molar-refractivity contribution in [2.75, 3.05) is 0 Å². The molecule has 0 amide bonds. The van der Waals surface area contributed by atoms with Gasteiger partial charge in [0.15, 0.2) is 0 Å². The molecule has 0 aromatic heterocycles. The van der Waals surface area contributed by atoms with Crippen molar-refractivity contribution in [1.29, 1.82) is 0 Å². The van der Waals surface area contributed by atoms with E-state index >= 15 is 0 Å². The van der Waals surface area contributed by atoms with Crippen molar-refractivity contribution in [1.82, 2.24) is 5.32 Å². The van der Waals surface area contributed by atoms with Gasteiger partial charge in [0, 0.05) is 11.0 Å². The maximum atomic E-state index is 10.8. The van der Waals surface area contributed by atoms with Crippen LogP contribution in [0, 0.1) is 0 Å². The Morgan fingerprint density at radius 2 is 2.38 bits per heavy atom. The van der Waals surface area contributed by atoms with E-state index in [9.17, 15) is 4.79 Å². The van der Waals surface area contributed by atoms with Crippen LogP contribution in [0.1, 0.15) is 17.2 Å². The van der Waals surface area contributed by atoms with E-state index in [0.717, 1.165) is 15.6 Å². The van der Waals surface area contributed by atoms with E-state index in [0.29, 0.717) is 6.54 Å². The van der Waals surface area contributed by atoms with Gasteiger partial charge in [0.1, 0.15) is 6.04 Å². The van der Waals surface area contributed by atoms with Gasteiger partial charge < -0.3 is 5.11 Å². The van der Waals surface area contributed by atoms with Gasteiger partial charge in [-0.25, -0.2) is 0 Å². The highest BCUT2D eigenvalue weighted by Gasteiger charge is 2.28. The molecule has 1 aromatic rings. The van der Waals surface area contributed by atoms with Crippen molar-refractivity contribution in [3.63, 3.8) is 0 Å². The summed E-state index contributed by atoms with van der Waals surface area (Å²) in [6, 6.07) is 5.07. The molecule has 0 fully saturated rings. The number of rotatable bonds is 1. The van der Waals surface area contributed by atoms with Crippen LogP contribution in [-0.4, -0.2) is 11.1 Å². The van der Waals surface area contributed by atoms with Crippen LogP contribution in [0.4, 0.5) is 0 Å². The number of nitrogens with one attached hydrogen (secondary N) is 1. The van der Waals surface area contributed by atoms with Crippen LogP contribution in [0.2, 0.25) is 0 Å². The molecular formula is C9H8BrNO2. The summed E-state index contributed by atoms with van der Waals surface area (Å²) in [5.74, 6) is -0.822. The van der Waals surface area contributed by atoms with Crippen molar-refractivity contribution >= 4 is 21.9 Å². The van der Waals surface area contributed by atoms with Gasteiger partial charge >= 0.3 is 5.97 Å². The second-order valence-corrected chi connectivity index (χ2v) is 3.81. The number of carbonyl (C=O) groups is 1. The average Bonchev–Trinajstić information content (AvgIpc) is 2.48. The number of aliphatic carboxylic acids is 1. The topological polar surface area (TPSA) is 49.3 Å². The molecular weight excluding hydrogens is 234 g/mol. The predicted octanol–water partition coefficient (Wildman–Crippen LogP) is 1.68. The van der Waals surface area contributed by atoms with Crippen LogP contribution in [0.25, 0.3) is 0 Å². The Labute approximate surface area is 83.9 Å². The van der Waals surface area contributed by atoms with Crippen LogP contribution in [0.15, 0.2) is 22.7 Å². The Morgan fingerprint density at radius 1 is 1.62 bits per heavy atom. The predicted molar refractivity (Wildman–Crippen MR) is 51.4 cm³/mol. The minimum Gasteiger partial charge on any atom is -0.480 e. The Hall–Kier alpha value is -0.870. The monoisotopic (exact) mass is 241 g/mol. The van der Waals surface area contributed by atoms with Gasteiger partial charge in [-0.15, -0.1) is 0 Å². The third kappa shape index (κ3) is 1.36. The molecule has 2 N–H and O–H groups in total. The van der Waals surface area contributed by atoms with Crippen LogP contribution in [0.5, 0.6) is 0 Å². The number of hydrogen-bond donors (Lipinski definition) is 2. The normalized spacial score (nSPS) is 19.9. The molecule has 0 radical (unpaired) electrons. The first-order valence-corrected chi connectivity index (χ1v) is 4.73. The molecule has 0 aliphatic carbocycles. The summed E-state index contributed by atoms with van der Waals surface area (Å²) >= 11 is 3.39. The molecule has 1 atom stereocenters. The molecule has 1 unspecified atom stereocenters. The Kier molecular flexibility index (Phi) is 2.09. The second-order valence-electron chi connectivity index (χ2n) is 2.96. The van der Waals surface area contributed by atoms with Gasteiger partial charge in [0.05, 0.1) is 0 Å². The zero-order valence-corrected chi connectivity index (χ0v) is 8.34. The minimum absolute atomic E-state index is 0.549. The standard InChI is InChI=1S/C9H8BrNO2/c10-7-3-1-2-5-6(7)4-11-8(5)9(12)13/h1-3,8,11H,4H2,(H,12,13). The number of hydrogen-bond acceptors (Lipinski definition) is 2. The average molecular weight is 242 g/mol. The van der Waals surface area contributed by atoms with Crippen LogP contribution in [0.3, 0.4) is 0 Å². The molecule has 4 heteroatoms. The van der Waals surface area contributed by atoms with E-state index in [4.69, 9.17) is 5.11 Å². The lowest BCUT2D eigenvalue weighted by molar-refractivity contribution is -0.139. The first kappa shape index (κ1) is 8.72. The highest BCUT2D eigenvalue weighted by atomic mass is 79.9. The zero-order chi connectivity index (χ0) is 9.42. The summed E-state index contributed by atoms with van der Waals surface area (Å²) in [4.78, 5) is 10.8. The van der Waals surface area contributed by atoms with Crippen molar-refractivity contribution < 1.29 is 9.90 Å². The Morgan fingerprint density at radius 3 is 3.08 bits per heavy atom. The highest BCUT2D eigenvalue weighted by molar-refractivity contribution is 9.10. The van der Waals surface area contributed by atoms with E-state index in [1.54, 1.807) is 0 Å². The number of halogens is 1. The third-order valence-electron chi connectivity index (χ3n) is 2.20. The van der Waals surface area contributed by atoms with Gasteiger partial charge in [-0.1, -0.05) is 28.1 Å². The fraction of sp³-hybridized carbons (Fsp3) is 0.222. The molecule has 2 rings (SSSR count). The quantitative estimate of drug-likeness (QED) is 0.787. The van der Waals surface area contributed by atoms with E-state index < -0.39 is 12.0 Å². The molecule has 0 spiro atoms. The number of fused-ring (bicyclic) bond motifs is 1. The molecule has 1 aromatic carbocycles. The van der Waals surface area contributed by atoms with E-state index in [1.807, 2.05) is 18.2 Å². The van der Waals surface area contributed by atoms with E-state index in [1.165, 1.54) is 0 Å². The lowest BCUT2D eigenvalue weighted by Gasteiger charge is -2.05. The maximum Gasteiger partial charge on any atom is 0.325 e. The first-order chi connectivity index (χ1) is 6.20. The maximum absolute atomic E-state index is 10.8. The summed E-state index contributed by atoms with van der Waals surface area (Å²) in [5, 5.41) is 11.8. The van der Waals surface area contributed by atoms with Crippen LogP contribution in [-0.2, 0) is 11.3 Å². The number of carboxylic acids is 1. The van der Waals surface area contributed by atoms with E-state index in [-0.39, 0.29) is 0 Å². The van der Waals surface area contributed by atoms with E-state index in [2.05, 4.69) is 21.2 Å². The molecule has 0 bridgehead atoms. The number of benzene rings is 1. The molecule has 0 saturated heterocycles. The van der Waals surface area contributed by atoms with Gasteiger partial charge in [0.25, 0.3) is 0 Å². The number of carboxylic acid groups (broad SMARTS) is 1. The smallest absolute Gasteiger partial charge is 0.325 e.